The first kappa shape index (κ1) is 19.6. The second-order valence-electron chi connectivity index (χ2n) is 6.57. The molecule has 1 heterocycles. The van der Waals surface area contributed by atoms with Crippen LogP contribution >= 0.6 is 11.6 Å². The molecule has 30 heavy (non-hydrogen) atoms. The molecular weight excluding hydrogens is 403 g/mol. The summed E-state index contributed by atoms with van der Waals surface area (Å²) >= 11 is 5.89. The predicted octanol–water partition coefficient (Wildman–Crippen LogP) is 5.45. The van der Waals surface area contributed by atoms with E-state index in [1.54, 1.807) is 60.8 Å². The third-order valence-corrected chi connectivity index (χ3v) is 4.82. The van der Waals surface area contributed by atoms with Crippen LogP contribution in [0.1, 0.15) is 10.4 Å². The van der Waals surface area contributed by atoms with Gasteiger partial charge < -0.3 is 0 Å². The van der Waals surface area contributed by atoms with Crippen molar-refractivity contribution in [3.05, 3.63) is 118 Å². The molecule has 148 valence electrons. The van der Waals surface area contributed by atoms with Gasteiger partial charge in [-0.25, -0.2) is 13.8 Å². The minimum Gasteiger partial charge on any atom is -0.269 e. The SMILES string of the molecule is O=C(/C=C/c1ccc(Cl)cc1)n1c(-c2ccc(F)cc2)cn(-c2ccccc2)c1=O. The summed E-state index contributed by atoms with van der Waals surface area (Å²) in [6.45, 7) is 0. The summed E-state index contributed by atoms with van der Waals surface area (Å²) in [6, 6.07) is 21.6. The van der Waals surface area contributed by atoms with Gasteiger partial charge in [-0.1, -0.05) is 41.9 Å². The third-order valence-electron chi connectivity index (χ3n) is 4.57. The number of benzene rings is 3. The van der Waals surface area contributed by atoms with Gasteiger partial charge in [-0.2, -0.15) is 0 Å². The first-order chi connectivity index (χ1) is 14.5. The molecule has 0 saturated carbocycles. The summed E-state index contributed by atoms with van der Waals surface area (Å²) in [7, 11) is 0. The lowest BCUT2D eigenvalue weighted by molar-refractivity contribution is 0.0967. The number of hydrogen-bond acceptors (Lipinski definition) is 2. The molecule has 0 spiro atoms. The third kappa shape index (κ3) is 4.02. The van der Waals surface area contributed by atoms with Crippen LogP contribution in [0.2, 0.25) is 5.02 Å². The van der Waals surface area contributed by atoms with E-state index in [2.05, 4.69) is 0 Å². The van der Waals surface area contributed by atoms with Gasteiger partial charge in [0.05, 0.1) is 11.4 Å². The maximum absolute atomic E-state index is 13.4. The minimum absolute atomic E-state index is 0.370. The molecule has 4 aromatic rings. The van der Waals surface area contributed by atoms with E-state index in [4.69, 9.17) is 11.6 Å². The topological polar surface area (TPSA) is 44.0 Å². The van der Waals surface area contributed by atoms with Crippen LogP contribution in [-0.4, -0.2) is 15.0 Å². The highest BCUT2D eigenvalue weighted by Gasteiger charge is 2.18. The second kappa shape index (κ2) is 8.35. The molecule has 0 radical (unpaired) electrons. The zero-order valence-corrected chi connectivity index (χ0v) is 16.5. The molecule has 0 aliphatic rings. The monoisotopic (exact) mass is 418 g/mol. The van der Waals surface area contributed by atoms with Crippen LogP contribution in [-0.2, 0) is 0 Å². The van der Waals surface area contributed by atoms with E-state index in [1.807, 2.05) is 6.07 Å². The standard InChI is InChI=1S/C24H16ClFN2O2/c25-19-11-6-17(7-12-19)8-15-23(29)28-22(18-9-13-20(26)14-10-18)16-27(24(28)30)21-4-2-1-3-5-21/h1-16H/b15-8+. The molecule has 0 saturated heterocycles. The number of allylic oxidation sites excluding steroid dienone is 1. The minimum atomic E-state index is -0.510. The number of nitrogens with zero attached hydrogens (tertiary/aromatic N) is 2. The van der Waals surface area contributed by atoms with Crippen molar-refractivity contribution in [2.75, 3.05) is 0 Å². The van der Waals surface area contributed by atoms with E-state index >= 15 is 0 Å². The van der Waals surface area contributed by atoms with E-state index in [9.17, 15) is 14.0 Å². The number of rotatable bonds is 4. The summed E-state index contributed by atoms with van der Waals surface area (Å²) < 4.78 is 15.9. The predicted molar refractivity (Wildman–Crippen MR) is 117 cm³/mol. The van der Waals surface area contributed by atoms with Gasteiger partial charge in [-0.05, 0) is 60.2 Å². The van der Waals surface area contributed by atoms with Crippen molar-refractivity contribution in [3.8, 4) is 16.9 Å². The van der Waals surface area contributed by atoms with Gasteiger partial charge in [0.1, 0.15) is 5.82 Å². The number of carbonyl (C=O) groups is 1. The van der Waals surface area contributed by atoms with Gasteiger partial charge in [-0.15, -0.1) is 0 Å². The van der Waals surface area contributed by atoms with Gasteiger partial charge >= 0.3 is 5.69 Å². The van der Waals surface area contributed by atoms with Crippen LogP contribution in [0.4, 0.5) is 4.39 Å². The molecule has 6 heteroatoms. The Morgan fingerprint density at radius 3 is 2.23 bits per heavy atom. The van der Waals surface area contributed by atoms with E-state index in [1.165, 1.54) is 34.9 Å². The van der Waals surface area contributed by atoms with E-state index in [0.29, 0.717) is 22.0 Å². The molecule has 1 aromatic heterocycles. The van der Waals surface area contributed by atoms with Crippen molar-refractivity contribution in [2.45, 2.75) is 0 Å². The fraction of sp³-hybridized carbons (Fsp3) is 0. The van der Waals surface area contributed by atoms with Crippen molar-refractivity contribution in [1.29, 1.82) is 0 Å². The van der Waals surface area contributed by atoms with Crippen molar-refractivity contribution < 1.29 is 9.18 Å². The van der Waals surface area contributed by atoms with E-state index < -0.39 is 17.4 Å². The molecule has 0 N–H and O–H groups in total. The number of imidazole rings is 1. The van der Waals surface area contributed by atoms with Crippen LogP contribution in [0.5, 0.6) is 0 Å². The van der Waals surface area contributed by atoms with Crippen LogP contribution in [0.25, 0.3) is 23.0 Å². The lowest BCUT2D eigenvalue weighted by atomic mass is 10.1. The van der Waals surface area contributed by atoms with Gasteiger partial charge in [0.2, 0.25) is 0 Å². The van der Waals surface area contributed by atoms with Crippen molar-refractivity contribution in [2.24, 2.45) is 0 Å². The number of hydrogen-bond donors (Lipinski definition) is 0. The Hall–Kier alpha value is -3.70. The highest BCUT2D eigenvalue weighted by molar-refractivity contribution is 6.30. The Kier molecular flexibility index (Phi) is 5.46. The summed E-state index contributed by atoms with van der Waals surface area (Å²) in [5.74, 6) is -0.909. The van der Waals surface area contributed by atoms with Crippen molar-refractivity contribution in [3.63, 3.8) is 0 Å². The molecule has 0 aliphatic carbocycles. The number of carbonyl (C=O) groups excluding carboxylic acids is 1. The van der Waals surface area contributed by atoms with Crippen LogP contribution < -0.4 is 5.69 Å². The van der Waals surface area contributed by atoms with Crippen LogP contribution in [0.3, 0.4) is 0 Å². The average Bonchev–Trinajstić information content (AvgIpc) is 3.11. The summed E-state index contributed by atoms with van der Waals surface area (Å²) in [5, 5.41) is 0.591. The Morgan fingerprint density at radius 2 is 1.57 bits per heavy atom. The highest BCUT2D eigenvalue weighted by Crippen LogP contribution is 2.21. The molecule has 0 bridgehead atoms. The van der Waals surface area contributed by atoms with Gasteiger partial charge in [-0.3, -0.25) is 9.36 Å². The van der Waals surface area contributed by atoms with Crippen LogP contribution in [0.15, 0.2) is 95.9 Å². The number of halogens is 2. The Balaban J connectivity index is 1.81. The fourth-order valence-electron chi connectivity index (χ4n) is 3.07. The van der Waals surface area contributed by atoms with Gasteiger partial charge in [0.15, 0.2) is 0 Å². The van der Waals surface area contributed by atoms with Crippen LogP contribution in [0, 0.1) is 5.82 Å². The Morgan fingerprint density at radius 1 is 0.900 bits per heavy atom. The Bertz CT molecular complexity index is 1270. The molecule has 3 aromatic carbocycles. The fourth-order valence-corrected chi connectivity index (χ4v) is 3.20. The quantitative estimate of drug-likeness (QED) is 0.413. The smallest absolute Gasteiger partial charge is 0.269 e. The largest absolute Gasteiger partial charge is 0.340 e. The molecule has 0 atom stereocenters. The molecular formula is C24H16ClFN2O2. The summed E-state index contributed by atoms with van der Waals surface area (Å²) in [6.07, 6.45) is 4.52. The molecule has 0 amide bonds. The lowest BCUT2D eigenvalue weighted by Gasteiger charge is -2.03. The van der Waals surface area contributed by atoms with Gasteiger partial charge in [0, 0.05) is 22.9 Å². The molecule has 4 rings (SSSR count). The first-order valence-electron chi connectivity index (χ1n) is 9.17. The van der Waals surface area contributed by atoms with Crippen molar-refractivity contribution in [1.82, 2.24) is 9.13 Å². The van der Waals surface area contributed by atoms with E-state index in [0.717, 1.165) is 10.1 Å². The summed E-state index contributed by atoms with van der Waals surface area (Å²) in [5.41, 5.74) is 1.81. The maximum Gasteiger partial charge on any atom is 0.340 e. The lowest BCUT2D eigenvalue weighted by Crippen LogP contribution is -2.27. The number of para-hydroxylation sites is 1. The molecule has 0 unspecified atom stereocenters. The maximum atomic E-state index is 13.4. The second-order valence-corrected chi connectivity index (χ2v) is 7.00. The first-order valence-corrected chi connectivity index (χ1v) is 9.54. The normalized spacial score (nSPS) is 11.1. The zero-order chi connectivity index (χ0) is 21.1. The van der Waals surface area contributed by atoms with Gasteiger partial charge in [0.25, 0.3) is 5.91 Å². The molecule has 0 aliphatic heterocycles. The van der Waals surface area contributed by atoms with E-state index in [-0.39, 0.29) is 0 Å². The highest BCUT2D eigenvalue weighted by atomic mass is 35.5. The number of aromatic nitrogens is 2. The summed E-state index contributed by atoms with van der Waals surface area (Å²) in [4.78, 5) is 26.1. The Labute approximate surface area is 177 Å². The molecule has 0 fully saturated rings. The van der Waals surface area contributed by atoms with Crippen molar-refractivity contribution >= 4 is 23.6 Å². The molecule has 4 nitrogen and oxygen atoms in total. The average molecular weight is 419 g/mol. The zero-order valence-electron chi connectivity index (χ0n) is 15.7.